The topological polar surface area (TPSA) is 76.2 Å². The van der Waals surface area contributed by atoms with Crippen LogP contribution < -0.4 is 15.4 Å². The normalized spacial score (nSPS) is 16.6. The molecular formula is C14H11F2N3O2S. The van der Waals surface area contributed by atoms with E-state index in [0.717, 1.165) is 12.1 Å². The van der Waals surface area contributed by atoms with E-state index in [9.17, 15) is 18.1 Å². The van der Waals surface area contributed by atoms with Gasteiger partial charge in [0.25, 0.3) is 5.91 Å². The van der Waals surface area contributed by atoms with E-state index >= 15 is 0 Å². The largest absolute Gasteiger partial charge is 0.593 e. The summed E-state index contributed by atoms with van der Waals surface area (Å²) >= 11 is -1.40. The Balaban J connectivity index is 1.83. The monoisotopic (exact) mass is 323 g/mol. The van der Waals surface area contributed by atoms with Crippen molar-refractivity contribution in [1.29, 1.82) is 0 Å². The van der Waals surface area contributed by atoms with Crippen LogP contribution in [-0.2, 0) is 11.4 Å². The van der Waals surface area contributed by atoms with Gasteiger partial charge in [0.05, 0.1) is 17.0 Å². The molecule has 0 radical (unpaired) electrons. The van der Waals surface area contributed by atoms with E-state index in [-0.39, 0.29) is 11.3 Å². The molecule has 3 N–H and O–H groups in total. The quantitative estimate of drug-likeness (QED) is 0.741. The first-order valence-corrected chi connectivity index (χ1v) is 7.49. The number of carbonyl (C=O) groups excluding carboxylic acids is 1. The molecule has 2 aromatic rings. The zero-order chi connectivity index (χ0) is 15.7. The van der Waals surface area contributed by atoms with Gasteiger partial charge < -0.3 is 15.2 Å². The maximum atomic E-state index is 13.1. The molecule has 5 nitrogen and oxygen atoms in total. The third-order valence-electron chi connectivity index (χ3n) is 3.10. The number of amides is 1. The summed E-state index contributed by atoms with van der Waals surface area (Å²) in [6, 6.07) is 7.78. The third-order valence-corrected chi connectivity index (χ3v) is 4.25. The van der Waals surface area contributed by atoms with Gasteiger partial charge >= 0.3 is 0 Å². The molecule has 1 aliphatic rings. The molecule has 1 aliphatic heterocycles. The number of hydrogen-bond donors (Lipinski definition) is 3. The number of rotatable bonds is 2. The summed E-state index contributed by atoms with van der Waals surface area (Å²) in [7, 11) is 0. The minimum Gasteiger partial charge on any atom is -0.593 e. The van der Waals surface area contributed by atoms with Crippen molar-refractivity contribution in [1.82, 2.24) is 4.72 Å². The van der Waals surface area contributed by atoms with Gasteiger partial charge in [-0.1, -0.05) is 0 Å². The van der Waals surface area contributed by atoms with Crippen molar-refractivity contribution in [3.8, 4) is 0 Å². The van der Waals surface area contributed by atoms with Crippen LogP contribution in [0.4, 0.5) is 20.2 Å². The summed E-state index contributed by atoms with van der Waals surface area (Å²) in [6.07, 6.45) is 0. The molecular weight excluding hydrogens is 312 g/mol. The predicted molar refractivity (Wildman–Crippen MR) is 78.8 cm³/mol. The number of anilines is 2. The van der Waals surface area contributed by atoms with Crippen LogP contribution in [0.1, 0.15) is 10.4 Å². The minimum atomic E-state index is -1.40. The van der Waals surface area contributed by atoms with E-state index in [1.165, 1.54) is 12.1 Å². The van der Waals surface area contributed by atoms with Gasteiger partial charge in [-0.15, -0.1) is 4.72 Å². The average Bonchev–Trinajstić information content (AvgIpc) is 2.51. The summed E-state index contributed by atoms with van der Waals surface area (Å²) in [5.41, 5.74) is 1.09. The number of fused-ring (bicyclic) bond motifs is 1. The first kappa shape index (κ1) is 14.8. The predicted octanol–water partition coefficient (Wildman–Crippen LogP) is 2.21. The fourth-order valence-corrected chi connectivity index (χ4v) is 2.95. The van der Waals surface area contributed by atoms with Crippen molar-refractivity contribution in [2.45, 2.75) is 4.90 Å². The second-order valence-corrected chi connectivity index (χ2v) is 5.83. The Labute approximate surface area is 128 Å². The summed E-state index contributed by atoms with van der Waals surface area (Å²) < 4.78 is 40.5. The lowest BCUT2D eigenvalue weighted by molar-refractivity contribution is 0.102. The zero-order valence-corrected chi connectivity index (χ0v) is 12.0. The van der Waals surface area contributed by atoms with Crippen molar-refractivity contribution >= 4 is 28.6 Å². The highest BCUT2D eigenvalue weighted by Gasteiger charge is 2.23. The molecule has 3 rings (SSSR count). The second-order valence-electron chi connectivity index (χ2n) is 4.56. The van der Waals surface area contributed by atoms with Gasteiger partial charge in [0.1, 0.15) is 6.67 Å². The fraction of sp³-hybridized carbons (Fsp3) is 0.0714. The summed E-state index contributed by atoms with van der Waals surface area (Å²) in [5, 5.41) is 5.46. The maximum Gasteiger partial charge on any atom is 0.255 e. The Bertz CT molecular complexity index is 742. The summed E-state index contributed by atoms with van der Waals surface area (Å²) in [5.74, 6) is -2.53. The molecule has 0 saturated carbocycles. The van der Waals surface area contributed by atoms with E-state index in [1.807, 2.05) is 0 Å². The molecule has 0 saturated heterocycles. The molecule has 2 aromatic carbocycles. The number of hydrogen-bond acceptors (Lipinski definition) is 4. The lowest BCUT2D eigenvalue weighted by Crippen LogP contribution is -2.34. The molecule has 0 aliphatic carbocycles. The highest BCUT2D eigenvalue weighted by molar-refractivity contribution is 7.89. The van der Waals surface area contributed by atoms with E-state index < -0.39 is 28.9 Å². The van der Waals surface area contributed by atoms with Crippen molar-refractivity contribution in [3.05, 3.63) is 53.6 Å². The zero-order valence-electron chi connectivity index (χ0n) is 11.2. The Hall–Kier alpha value is -2.16. The van der Waals surface area contributed by atoms with Crippen LogP contribution in [0.2, 0.25) is 0 Å². The van der Waals surface area contributed by atoms with Crippen LogP contribution in [0, 0.1) is 11.6 Å². The number of carbonyl (C=O) groups is 1. The molecule has 0 spiro atoms. The standard InChI is InChI=1S/C14H11F2N3O2S/c15-10-3-2-9(6-11(10)16)19-14(20)8-1-4-12-13(5-8)22(21)18-7-17-12/h1-6,17-18H,7H2,(H,19,20). The Morgan fingerprint density at radius 2 is 2.00 bits per heavy atom. The van der Waals surface area contributed by atoms with Crippen molar-refractivity contribution < 1.29 is 18.1 Å². The first-order valence-electron chi connectivity index (χ1n) is 6.34. The molecule has 22 heavy (non-hydrogen) atoms. The molecule has 1 amide bonds. The van der Waals surface area contributed by atoms with Crippen LogP contribution in [0.15, 0.2) is 41.3 Å². The first-order chi connectivity index (χ1) is 10.5. The number of nitrogens with one attached hydrogen (secondary N) is 3. The van der Waals surface area contributed by atoms with Gasteiger partial charge in [-0.25, -0.2) is 8.78 Å². The van der Waals surface area contributed by atoms with Gasteiger partial charge in [0, 0.05) is 23.4 Å². The van der Waals surface area contributed by atoms with Crippen LogP contribution in [0.3, 0.4) is 0 Å². The minimum absolute atomic E-state index is 0.138. The SMILES string of the molecule is O=C(Nc1ccc(F)c(F)c1)c1ccc2c(c1)[S+]([O-])NCN2. The highest BCUT2D eigenvalue weighted by Crippen LogP contribution is 2.25. The van der Waals surface area contributed by atoms with Crippen LogP contribution in [-0.4, -0.2) is 17.1 Å². The smallest absolute Gasteiger partial charge is 0.255 e. The third kappa shape index (κ3) is 2.89. The molecule has 1 heterocycles. The second kappa shape index (κ2) is 5.91. The van der Waals surface area contributed by atoms with Gasteiger partial charge in [0.15, 0.2) is 16.5 Å². The summed E-state index contributed by atoms with van der Waals surface area (Å²) in [6.45, 7) is 0.375. The van der Waals surface area contributed by atoms with E-state index in [2.05, 4.69) is 15.4 Å². The molecule has 8 heteroatoms. The molecule has 114 valence electrons. The fourth-order valence-electron chi connectivity index (χ4n) is 2.01. The van der Waals surface area contributed by atoms with E-state index in [0.29, 0.717) is 17.3 Å². The van der Waals surface area contributed by atoms with Gasteiger partial charge in [0.2, 0.25) is 0 Å². The van der Waals surface area contributed by atoms with Crippen LogP contribution in [0.25, 0.3) is 0 Å². The maximum absolute atomic E-state index is 13.1. The molecule has 1 atom stereocenters. The van der Waals surface area contributed by atoms with Crippen molar-refractivity contribution in [2.24, 2.45) is 0 Å². The lowest BCUT2D eigenvalue weighted by atomic mass is 10.2. The van der Waals surface area contributed by atoms with Gasteiger partial charge in [-0.3, -0.25) is 4.79 Å². The van der Waals surface area contributed by atoms with E-state index in [4.69, 9.17) is 0 Å². The highest BCUT2D eigenvalue weighted by atomic mass is 32.2. The molecule has 0 bridgehead atoms. The Morgan fingerprint density at radius 1 is 1.18 bits per heavy atom. The van der Waals surface area contributed by atoms with E-state index in [1.54, 1.807) is 12.1 Å². The van der Waals surface area contributed by atoms with Gasteiger partial charge in [-0.05, 0) is 24.3 Å². The summed E-state index contributed by atoms with van der Waals surface area (Å²) in [4.78, 5) is 12.6. The molecule has 1 unspecified atom stereocenters. The van der Waals surface area contributed by atoms with Crippen molar-refractivity contribution in [3.63, 3.8) is 0 Å². The average molecular weight is 323 g/mol. The van der Waals surface area contributed by atoms with Crippen molar-refractivity contribution in [2.75, 3.05) is 17.3 Å². The molecule has 0 aromatic heterocycles. The Kier molecular flexibility index (Phi) is 3.97. The van der Waals surface area contributed by atoms with Gasteiger partial charge in [-0.2, -0.15) is 0 Å². The number of benzene rings is 2. The Morgan fingerprint density at radius 3 is 2.77 bits per heavy atom. The number of halogens is 2. The lowest BCUT2D eigenvalue weighted by Gasteiger charge is -2.21. The molecule has 0 fully saturated rings. The van der Waals surface area contributed by atoms with Crippen LogP contribution >= 0.6 is 0 Å². The van der Waals surface area contributed by atoms with Crippen LogP contribution in [0.5, 0.6) is 0 Å².